The summed E-state index contributed by atoms with van der Waals surface area (Å²) in [4.78, 5) is 11.4. The maximum absolute atomic E-state index is 11.4. The summed E-state index contributed by atoms with van der Waals surface area (Å²) in [5.74, 6) is 0.297. The number of benzene rings is 1. The Morgan fingerprint density at radius 1 is 1.53 bits per heavy atom. The Morgan fingerprint density at radius 3 is 3.00 bits per heavy atom. The minimum Gasteiger partial charge on any atom is -0.378 e. The summed E-state index contributed by atoms with van der Waals surface area (Å²) in [7, 11) is 0. The number of nitrogens with two attached hydrogens (primary N) is 1. The first-order valence-corrected chi connectivity index (χ1v) is 6.91. The van der Waals surface area contributed by atoms with Gasteiger partial charge in [-0.05, 0) is 30.5 Å². The molecule has 0 spiro atoms. The van der Waals surface area contributed by atoms with Gasteiger partial charge < -0.3 is 15.8 Å². The summed E-state index contributed by atoms with van der Waals surface area (Å²) in [5.41, 5.74) is 9.02. The molecule has 3 atom stereocenters. The van der Waals surface area contributed by atoms with Gasteiger partial charge in [0, 0.05) is 22.7 Å². The number of carbonyl (C=O) groups excluding carboxylic acids is 1. The van der Waals surface area contributed by atoms with Crippen molar-refractivity contribution in [3.63, 3.8) is 0 Å². The molecule has 3 unspecified atom stereocenters. The van der Waals surface area contributed by atoms with Gasteiger partial charge in [-0.15, -0.1) is 0 Å². The molecule has 1 aromatic rings. The second kappa shape index (κ2) is 4.78. The van der Waals surface area contributed by atoms with E-state index in [4.69, 9.17) is 22.1 Å². The van der Waals surface area contributed by atoms with E-state index in [9.17, 15) is 4.79 Å². The van der Waals surface area contributed by atoms with Gasteiger partial charge in [-0.2, -0.15) is 0 Å². The van der Waals surface area contributed by atoms with Crippen molar-refractivity contribution in [3.05, 3.63) is 28.3 Å². The molecule has 1 amide bonds. The summed E-state index contributed by atoms with van der Waals surface area (Å²) in [5, 5.41) is 3.41. The van der Waals surface area contributed by atoms with E-state index in [1.54, 1.807) is 6.07 Å². The fourth-order valence-corrected chi connectivity index (χ4v) is 3.17. The van der Waals surface area contributed by atoms with E-state index in [-0.39, 0.29) is 24.0 Å². The number of hydrogen-bond donors (Lipinski definition) is 2. The lowest BCUT2D eigenvalue weighted by molar-refractivity contribution is -0.115. The van der Waals surface area contributed by atoms with Gasteiger partial charge in [0.05, 0.1) is 19.1 Å². The average Bonchev–Trinajstić information content (AvgIpc) is 2.92. The Labute approximate surface area is 117 Å². The van der Waals surface area contributed by atoms with E-state index < -0.39 is 0 Å². The van der Waals surface area contributed by atoms with Crippen LogP contribution < -0.4 is 11.1 Å². The minimum absolute atomic E-state index is 0.00890. The minimum atomic E-state index is -0.140. The van der Waals surface area contributed by atoms with Gasteiger partial charge in [-0.3, -0.25) is 4.79 Å². The molecule has 1 fully saturated rings. The van der Waals surface area contributed by atoms with Crippen LogP contribution in [0.2, 0.25) is 5.02 Å². The molecule has 2 aliphatic heterocycles. The highest BCUT2D eigenvalue weighted by Gasteiger charge is 2.30. The highest BCUT2D eigenvalue weighted by atomic mass is 35.5. The van der Waals surface area contributed by atoms with Crippen LogP contribution in [-0.2, 0) is 16.0 Å². The summed E-state index contributed by atoms with van der Waals surface area (Å²) < 4.78 is 5.57. The zero-order valence-corrected chi connectivity index (χ0v) is 11.5. The highest BCUT2D eigenvalue weighted by molar-refractivity contribution is 6.32. The van der Waals surface area contributed by atoms with Crippen molar-refractivity contribution >= 4 is 23.2 Å². The van der Waals surface area contributed by atoms with E-state index >= 15 is 0 Å². The van der Waals surface area contributed by atoms with Crippen molar-refractivity contribution < 1.29 is 9.53 Å². The maximum Gasteiger partial charge on any atom is 0.228 e. The maximum atomic E-state index is 11.4. The SMILES string of the molecule is CC1CC(C(N)c2cc3c(cc2Cl)NC(=O)C3)CO1. The van der Waals surface area contributed by atoms with Crippen LogP contribution >= 0.6 is 11.6 Å². The Morgan fingerprint density at radius 2 is 2.32 bits per heavy atom. The van der Waals surface area contributed by atoms with Crippen molar-refractivity contribution in [2.24, 2.45) is 11.7 Å². The van der Waals surface area contributed by atoms with E-state index in [0.717, 1.165) is 23.2 Å². The molecule has 4 nitrogen and oxygen atoms in total. The number of anilines is 1. The Bertz CT molecular complexity index is 532. The lowest BCUT2D eigenvalue weighted by Crippen LogP contribution is -2.22. The number of nitrogens with one attached hydrogen (secondary N) is 1. The van der Waals surface area contributed by atoms with Gasteiger partial charge in [0.1, 0.15) is 0 Å². The molecule has 0 radical (unpaired) electrons. The molecule has 3 N–H and O–H groups in total. The predicted octanol–water partition coefficient (Wildman–Crippen LogP) is 2.26. The molecule has 0 saturated carbocycles. The molecule has 2 heterocycles. The standard InChI is InChI=1S/C14H17ClN2O2/c1-7-2-9(6-19-7)14(16)10-3-8-4-13(18)17-12(8)5-11(10)15/h3,5,7,9,14H,2,4,6,16H2,1H3,(H,17,18). The molecule has 0 bridgehead atoms. The van der Waals surface area contributed by atoms with Crippen LogP contribution in [0, 0.1) is 5.92 Å². The quantitative estimate of drug-likeness (QED) is 0.873. The molecule has 1 aromatic carbocycles. The van der Waals surface area contributed by atoms with Crippen LogP contribution in [0.4, 0.5) is 5.69 Å². The molecular formula is C14H17ClN2O2. The third-order valence-electron chi connectivity index (χ3n) is 3.94. The molecule has 102 valence electrons. The molecule has 0 aliphatic carbocycles. The smallest absolute Gasteiger partial charge is 0.228 e. The number of hydrogen-bond acceptors (Lipinski definition) is 3. The lowest BCUT2D eigenvalue weighted by atomic mass is 9.90. The van der Waals surface area contributed by atoms with E-state index in [1.807, 2.05) is 6.07 Å². The van der Waals surface area contributed by atoms with Gasteiger partial charge in [0.15, 0.2) is 0 Å². The third-order valence-corrected chi connectivity index (χ3v) is 4.27. The largest absolute Gasteiger partial charge is 0.378 e. The highest BCUT2D eigenvalue weighted by Crippen LogP contribution is 2.37. The van der Waals surface area contributed by atoms with Gasteiger partial charge in [0.25, 0.3) is 0 Å². The van der Waals surface area contributed by atoms with Crippen LogP contribution in [0.3, 0.4) is 0 Å². The molecule has 5 heteroatoms. The fourth-order valence-electron chi connectivity index (χ4n) is 2.88. The van der Waals surface area contributed by atoms with Crippen molar-refractivity contribution in [1.82, 2.24) is 0 Å². The summed E-state index contributed by atoms with van der Waals surface area (Å²) in [6.07, 6.45) is 1.61. The van der Waals surface area contributed by atoms with E-state index in [1.165, 1.54) is 0 Å². The van der Waals surface area contributed by atoms with Gasteiger partial charge in [-0.1, -0.05) is 17.7 Å². The number of amides is 1. The van der Waals surface area contributed by atoms with Crippen LogP contribution in [0.15, 0.2) is 12.1 Å². The van der Waals surface area contributed by atoms with Gasteiger partial charge in [0.2, 0.25) is 5.91 Å². The normalized spacial score (nSPS) is 27.2. The molecule has 0 aromatic heterocycles. The first kappa shape index (κ1) is 12.9. The molecular weight excluding hydrogens is 264 g/mol. The number of rotatable bonds is 2. The second-order valence-corrected chi connectivity index (χ2v) is 5.83. The molecule has 3 rings (SSSR count). The summed E-state index contributed by atoms with van der Waals surface area (Å²) in [6, 6.07) is 3.62. The average molecular weight is 281 g/mol. The first-order valence-electron chi connectivity index (χ1n) is 6.54. The van der Waals surface area contributed by atoms with Crippen molar-refractivity contribution in [2.45, 2.75) is 31.9 Å². The molecule has 1 saturated heterocycles. The van der Waals surface area contributed by atoms with Gasteiger partial charge in [-0.25, -0.2) is 0 Å². The van der Waals surface area contributed by atoms with Crippen molar-refractivity contribution in [1.29, 1.82) is 0 Å². The zero-order chi connectivity index (χ0) is 13.6. The summed E-state index contributed by atoms with van der Waals surface area (Å²) >= 11 is 6.29. The number of halogens is 1. The van der Waals surface area contributed by atoms with Crippen molar-refractivity contribution in [3.8, 4) is 0 Å². The summed E-state index contributed by atoms with van der Waals surface area (Å²) in [6.45, 7) is 2.73. The van der Waals surface area contributed by atoms with Crippen LogP contribution in [0.5, 0.6) is 0 Å². The van der Waals surface area contributed by atoms with E-state index in [0.29, 0.717) is 18.1 Å². The van der Waals surface area contributed by atoms with Crippen LogP contribution in [0.25, 0.3) is 0 Å². The Hall–Kier alpha value is -1.10. The first-order chi connectivity index (χ1) is 9.04. The molecule has 19 heavy (non-hydrogen) atoms. The number of ether oxygens (including phenoxy) is 1. The number of fused-ring (bicyclic) bond motifs is 1. The van der Waals surface area contributed by atoms with Gasteiger partial charge >= 0.3 is 0 Å². The monoisotopic (exact) mass is 280 g/mol. The fraction of sp³-hybridized carbons (Fsp3) is 0.500. The molecule has 2 aliphatic rings. The topological polar surface area (TPSA) is 64.3 Å². The number of carbonyl (C=O) groups is 1. The second-order valence-electron chi connectivity index (χ2n) is 5.42. The third kappa shape index (κ3) is 2.36. The lowest BCUT2D eigenvalue weighted by Gasteiger charge is -2.20. The Balaban J connectivity index is 1.89. The predicted molar refractivity (Wildman–Crippen MR) is 74.2 cm³/mol. The van der Waals surface area contributed by atoms with Crippen LogP contribution in [-0.4, -0.2) is 18.6 Å². The van der Waals surface area contributed by atoms with E-state index in [2.05, 4.69) is 12.2 Å². The Kier molecular flexibility index (Phi) is 3.25. The van der Waals surface area contributed by atoms with Crippen molar-refractivity contribution in [2.75, 3.05) is 11.9 Å². The van der Waals surface area contributed by atoms with Crippen LogP contribution in [0.1, 0.15) is 30.5 Å². The zero-order valence-electron chi connectivity index (χ0n) is 10.8.